The number of amides is 1. The minimum Gasteiger partial charge on any atom is -0.444 e. The molecular weight excluding hydrogens is 211 g/mol. The average Bonchev–Trinajstić information content (AvgIpc) is 2.59. The molecule has 5 heteroatoms. The van der Waals surface area contributed by atoms with Gasteiger partial charge in [0.15, 0.2) is 0 Å². The lowest BCUT2D eigenvalue weighted by Crippen LogP contribution is -2.40. The van der Waals surface area contributed by atoms with Gasteiger partial charge in [0, 0.05) is 31.5 Å². The standard InChI is InChI=1S/C11H19FN2O2/c1-10(2,3)16-9(15)14-4-7-8(5-14)11(7,12)6-13/h7-8H,4-6,13H2,1-3H3. The molecule has 1 aliphatic heterocycles. The number of fused-ring (bicyclic) bond motifs is 1. The third kappa shape index (κ3) is 1.77. The van der Waals surface area contributed by atoms with Crippen molar-refractivity contribution >= 4 is 6.09 Å². The van der Waals surface area contributed by atoms with Gasteiger partial charge in [0.2, 0.25) is 0 Å². The molecule has 2 fully saturated rings. The van der Waals surface area contributed by atoms with Crippen LogP contribution in [0.1, 0.15) is 20.8 Å². The van der Waals surface area contributed by atoms with Gasteiger partial charge in [-0.2, -0.15) is 0 Å². The summed E-state index contributed by atoms with van der Waals surface area (Å²) in [6.45, 7) is 6.40. The smallest absolute Gasteiger partial charge is 0.410 e. The predicted molar refractivity (Wildman–Crippen MR) is 57.7 cm³/mol. The van der Waals surface area contributed by atoms with Crippen LogP contribution in [-0.2, 0) is 4.74 Å². The normalized spacial score (nSPS) is 37.2. The van der Waals surface area contributed by atoms with Gasteiger partial charge in [-0.25, -0.2) is 9.18 Å². The van der Waals surface area contributed by atoms with Crippen molar-refractivity contribution in [2.75, 3.05) is 19.6 Å². The molecule has 1 heterocycles. The molecule has 2 N–H and O–H groups in total. The Balaban J connectivity index is 1.87. The number of ether oxygens (including phenoxy) is 1. The summed E-state index contributed by atoms with van der Waals surface area (Å²) >= 11 is 0. The summed E-state index contributed by atoms with van der Waals surface area (Å²) in [6.07, 6.45) is -0.348. The van der Waals surface area contributed by atoms with Crippen molar-refractivity contribution in [3.63, 3.8) is 0 Å². The number of hydrogen-bond acceptors (Lipinski definition) is 3. The topological polar surface area (TPSA) is 55.6 Å². The Morgan fingerprint density at radius 2 is 2.00 bits per heavy atom. The van der Waals surface area contributed by atoms with E-state index in [0.29, 0.717) is 13.1 Å². The molecule has 1 saturated carbocycles. The van der Waals surface area contributed by atoms with Gasteiger partial charge in [-0.3, -0.25) is 0 Å². The fraction of sp³-hybridized carbons (Fsp3) is 0.909. The average molecular weight is 230 g/mol. The van der Waals surface area contributed by atoms with Crippen LogP contribution in [0.15, 0.2) is 0 Å². The van der Waals surface area contributed by atoms with Crippen molar-refractivity contribution in [3.8, 4) is 0 Å². The molecule has 1 amide bonds. The van der Waals surface area contributed by atoms with E-state index in [-0.39, 0.29) is 24.5 Å². The number of likely N-dealkylation sites (tertiary alicyclic amines) is 1. The van der Waals surface area contributed by atoms with Gasteiger partial charge in [0.1, 0.15) is 11.3 Å². The predicted octanol–water partition coefficient (Wildman–Crippen LogP) is 1.15. The molecule has 1 saturated heterocycles. The minimum absolute atomic E-state index is 0.0600. The zero-order valence-electron chi connectivity index (χ0n) is 10.00. The van der Waals surface area contributed by atoms with E-state index in [9.17, 15) is 9.18 Å². The molecule has 2 rings (SSSR count). The third-order valence-corrected chi connectivity index (χ3v) is 3.41. The second-order valence-electron chi connectivity index (χ2n) is 5.73. The SMILES string of the molecule is CC(C)(C)OC(=O)N1CC2C(C1)C2(F)CN. The van der Waals surface area contributed by atoms with E-state index in [2.05, 4.69) is 0 Å². The largest absolute Gasteiger partial charge is 0.444 e. The van der Waals surface area contributed by atoms with Crippen LogP contribution >= 0.6 is 0 Å². The summed E-state index contributed by atoms with van der Waals surface area (Å²) in [4.78, 5) is 13.3. The number of nitrogens with zero attached hydrogens (tertiary/aromatic N) is 1. The Hall–Kier alpha value is -0.840. The molecule has 92 valence electrons. The highest BCUT2D eigenvalue weighted by Crippen LogP contribution is 2.57. The van der Waals surface area contributed by atoms with Gasteiger partial charge in [0.05, 0.1) is 0 Å². The number of halogens is 1. The number of carbonyl (C=O) groups is 1. The molecule has 2 unspecified atom stereocenters. The highest BCUT2D eigenvalue weighted by molar-refractivity contribution is 5.69. The molecule has 0 aromatic rings. The van der Waals surface area contributed by atoms with E-state index in [4.69, 9.17) is 10.5 Å². The van der Waals surface area contributed by atoms with E-state index in [0.717, 1.165) is 0 Å². The molecule has 2 atom stereocenters. The summed E-state index contributed by atoms with van der Waals surface area (Å²) in [6, 6.07) is 0. The van der Waals surface area contributed by atoms with Gasteiger partial charge in [-0.05, 0) is 20.8 Å². The maximum atomic E-state index is 13.8. The molecule has 4 nitrogen and oxygen atoms in total. The Labute approximate surface area is 94.9 Å². The molecule has 0 spiro atoms. The van der Waals surface area contributed by atoms with E-state index in [1.165, 1.54) is 0 Å². The van der Waals surface area contributed by atoms with Crippen molar-refractivity contribution < 1.29 is 13.9 Å². The first-order valence-electron chi connectivity index (χ1n) is 5.65. The highest BCUT2D eigenvalue weighted by atomic mass is 19.1. The van der Waals surface area contributed by atoms with E-state index in [1.807, 2.05) is 20.8 Å². The maximum Gasteiger partial charge on any atom is 0.410 e. The lowest BCUT2D eigenvalue weighted by atomic mass is 10.2. The first kappa shape index (κ1) is 11.6. The van der Waals surface area contributed by atoms with Crippen LogP contribution in [0.5, 0.6) is 0 Å². The molecule has 0 aromatic heterocycles. The monoisotopic (exact) mass is 230 g/mol. The summed E-state index contributed by atoms with van der Waals surface area (Å²) in [5.74, 6) is -0.157. The van der Waals surface area contributed by atoms with Crippen molar-refractivity contribution in [3.05, 3.63) is 0 Å². The number of hydrogen-bond donors (Lipinski definition) is 1. The number of nitrogens with two attached hydrogens (primary N) is 1. The van der Waals surface area contributed by atoms with Gasteiger partial charge in [-0.15, -0.1) is 0 Å². The lowest BCUT2D eigenvalue weighted by molar-refractivity contribution is 0.0241. The zero-order valence-corrected chi connectivity index (χ0v) is 10.00. The Kier molecular flexibility index (Phi) is 2.42. The fourth-order valence-corrected chi connectivity index (χ4v) is 2.45. The first-order valence-corrected chi connectivity index (χ1v) is 5.65. The van der Waals surface area contributed by atoms with Gasteiger partial charge < -0.3 is 15.4 Å². The number of carbonyl (C=O) groups excluding carboxylic acids is 1. The lowest BCUT2D eigenvalue weighted by Gasteiger charge is -2.26. The molecule has 0 aromatic carbocycles. The van der Waals surface area contributed by atoms with E-state index < -0.39 is 11.3 Å². The first-order chi connectivity index (χ1) is 7.28. The molecule has 0 radical (unpaired) electrons. The van der Waals surface area contributed by atoms with Gasteiger partial charge in [-0.1, -0.05) is 0 Å². The second kappa shape index (κ2) is 3.32. The highest BCUT2D eigenvalue weighted by Gasteiger charge is 2.69. The van der Waals surface area contributed by atoms with Crippen LogP contribution in [0.4, 0.5) is 9.18 Å². The number of rotatable bonds is 1. The van der Waals surface area contributed by atoms with E-state index in [1.54, 1.807) is 4.90 Å². The van der Waals surface area contributed by atoms with Crippen molar-refractivity contribution in [1.82, 2.24) is 4.90 Å². The van der Waals surface area contributed by atoms with E-state index >= 15 is 0 Å². The molecule has 2 aliphatic rings. The maximum absolute atomic E-state index is 13.8. The van der Waals surface area contributed by atoms with Crippen LogP contribution in [0.2, 0.25) is 0 Å². The summed E-state index contributed by atoms with van der Waals surface area (Å²) in [5.41, 5.74) is 3.65. The van der Waals surface area contributed by atoms with Crippen molar-refractivity contribution in [2.45, 2.75) is 32.0 Å². The Morgan fingerprint density at radius 3 is 2.38 bits per heavy atom. The quantitative estimate of drug-likeness (QED) is 0.735. The molecule has 1 aliphatic carbocycles. The number of piperidine rings is 1. The second-order valence-corrected chi connectivity index (χ2v) is 5.73. The van der Waals surface area contributed by atoms with Gasteiger partial charge >= 0.3 is 6.09 Å². The van der Waals surface area contributed by atoms with Crippen LogP contribution in [-0.4, -0.2) is 41.9 Å². The van der Waals surface area contributed by atoms with Crippen molar-refractivity contribution in [2.24, 2.45) is 17.6 Å². The Bertz CT molecular complexity index is 302. The summed E-state index contributed by atoms with van der Waals surface area (Å²) < 4.78 is 19.0. The Morgan fingerprint density at radius 1 is 1.50 bits per heavy atom. The van der Waals surface area contributed by atoms with Gasteiger partial charge in [0.25, 0.3) is 0 Å². The third-order valence-electron chi connectivity index (χ3n) is 3.41. The summed E-state index contributed by atoms with van der Waals surface area (Å²) in [5, 5.41) is 0. The fourth-order valence-electron chi connectivity index (χ4n) is 2.45. The summed E-state index contributed by atoms with van der Waals surface area (Å²) in [7, 11) is 0. The van der Waals surface area contributed by atoms with Crippen LogP contribution in [0.3, 0.4) is 0 Å². The molecule has 16 heavy (non-hydrogen) atoms. The molecular formula is C11H19FN2O2. The minimum atomic E-state index is -1.22. The molecule has 0 bridgehead atoms. The van der Waals surface area contributed by atoms with Crippen molar-refractivity contribution in [1.29, 1.82) is 0 Å². The number of alkyl halides is 1. The zero-order chi connectivity index (χ0) is 12.1. The van der Waals surface area contributed by atoms with Crippen LogP contribution in [0, 0.1) is 11.8 Å². The van der Waals surface area contributed by atoms with Crippen LogP contribution in [0.25, 0.3) is 0 Å². The van der Waals surface area contributed by atoms with Crippen LogP contribution < -0.4 is 5.73 Å².